The van der Waals surface area contributed by atoms with Crippen molar-refractivity contribution in [3.63, 3.8) is 0 Å². The van der Waals surface area contributed by atoms with Gasteiger partial charge >= 0.3 is 17.4 Å². The average molecular weight is 252 g/mol. The molecular formula is C12H8F2NO3+. The Morgan fingerprint density at radius 3 is 2.22 bits per heavy atom. The Kier molecular flexibility index (Phi) is 2.93. The quantitative estimate of drug-likeness (QED) is 0.633. The zero-order chi connectivity index (χ0) is 13.3. The molecule has 0 unspecified atom stereocenters. The van der Waals surface area contributed by atoms with E-state index in [1.54, 1.807) is 0 Å². The molecule has 0 bridgehead atoms. The molecule has 0 saturated heterocycles. The summed E-state index contributed by atoms with van der Waals surface area (Å²) in [4.78, 5) is 10.8. The van der Waals surface area contributed by atoms with Crippen molar-refractivity contribution in [3.8, 4) is 11.3 Å². The number of pyridine rings is 1. The van der Waals surface area contributed by atoms with E-state index in [0.717, 1.165) is 24.3 Å². The van der Waals surface area contributed by atoms with E-state index in [9.17, 15) is 18.8 Å². The molecule has 0 fully saturated rings. The van der Waals surface area contributed by atoms with Gasteiger partial charge in [-0.1, -0.05) is 0 Å². The van der Waals surface area contributed by atoms with Crippen LogP contribution in [0, 0.1) is 11.6 Å². The molecule has 2 aromatic rings. The fourth-order valence-electron chi connectivity index (χ4n) is 1.55. The van der Waals surface area contributed by atoms with Gasteiger partial charge in [0, 0.05) is 10.8 Å². The molecule has 0 aliphatic rings. The third-order valence-corrected chi connectivity index (χ3v) is 2.39. The van der Waals surface area contributed by atoms with E-state index in [1.807, 2.05) is 0 Å². The number of benzene rings is 1. The number of carboxylic acid groups (broad SMARTS) is 1. The standard InChI is InChI=1S/C12H7F2NO3/c13-8-3-1-7(2-4-8)11-9(14)5-6-10(12(16)17)15(11)18/h1-6H,(H-,16,17,18)/p+1. The highest BCUT2D eigenvalue weighted by atomic mass is 19.1. The first-order chi connectivity index (χ1) is 8.50. The molecular weight excluding hydrogens is 244 g/mol. The minimum absolute atomic E-state index is 0.166. The van der Waals surface area contributed by atoms with Crippen molar-refractivity contribution in [2.45, 2.75) is 0 Å². The Morgan fingerprint density at radius 2 is 1.67 bits per heavy atom. The third-order valence-electron chi connectivity index (χ3n) is 2.39. The highest BCUT2D eigenvalue weighted by Crippen LogP contribution is 2.19. The van der Waals surface area contributed by atoms with E-state index >= 15 is 0 Å². The average Bonchev–Trinajstić information content (AvgIpc) is 2.31. The molecule has 1 heterocycles. The van der Waals surface area contributed by atoms with E-state index < -0.39 is 23.3 Å². The Morgan fingerprint density at radius 1 is 1.06 bits per heavy atom. The number of hydrogen-bond acceptors (Lipinski definition) is 2. The summed E-state index contributed by atoms with van der Waals surface area (Å²) in [5.41, 5.74) is -0.662. The van der Waals surface area contributed by atoms with E-state index in [1.165, 1.54) is 12.1 Å². The van der Waals surface area contributed by atoms with Gasteiger partial charge in [-0.25, -0.2) is 9.18 Å². The van der Waals surface area contributed by atoms with Crippen molar-refractivity contribution in [3.05, 3.63) is 53.7 Å². The fraction of sp³-hybridized carbons (Fsp3) is 0. The second kappa shape index (κ2) is 4.40. The predicted octanol–water partition coefficient (Wildman–Crippen LogP) is 1.85. The molecule has 0 aliphatic carbocycles. The van der Waals surface area contributed by atoms with Crippen LogP contribution in [0.5, 0.6) is 0 Å². The summed E-state index contributed by atoms with van der Waals surface area (Å²) in [5.74, 6) is -2.73. The van der Waals surface area contributed by atoms with Crippen molar-refractivity contribution in [2.24, 2.45) is 0 Å². The van der Waals surface area contributed by atoms with Gasteiger partial charge in [-0.15, -0.1) is 0 Å². The van der Waals surface area contributed by atoms with E-state index in [0.29, 0.717) is 0 Å². The van der Waals surface area contributed by atoms with Crippen LogP contribution in [0.2, 0.25) is 0 Å². The topological polar surface area (TPSA) is 61.4 Å². The van der Waals surface area contributed by atoms with Crippen LogP contribution >= 0.6 is 0 Å². The van der Waals surface area contributed by atoms with Crippen LogP contribution < -0.4 is 4.73 Å². The lowest BCUT2D eigenvalue weighted by molar-refractivity contribution is -0.898. The van der Waals surface area contributed by atoms with Gasteiger partial charge in [0.15, 0.2) is 5.82 Å². The first-order valence-electron chi connectivity index (χ1n) is 4.93. The summed E-state index contributed by atoms with van der Waals surface area (Å²) in [6.45, 7) is 0. The molecule has 2 rings (SSSR count). The number of aromatic nitrogens is 1. The van der Waals surface area contributed by atoms with Crippen molar-refractivity contribution in [2.75, 3.05) is 0 Å². The second-order valence-electron chi connectivity index (χ2n) is 3.54. The molecule has 0 atom stereocenters. The highest BCUT2D eigenvalue weighted by molar-refractivity contribution is 5.83. The molecule has 1 aromatic carbocycles. The van der Waals surface area contributed by atoms with Crippen molar-refractivity contribution in [1.82, 2.24) is 0 Å². The minimum Gasteiger partial charge on any atom is -0.473 e. The molecule has 0 saturated carbocycles. The van der Waals surface area contributed by atoms with Crippen LogP contribution in [-0.4, -0.2) is 16.3 Å². The maximum absolute atomic E-state index is 13.6. The summed E-state index contributed by atoms with van der Waals surface area (Å²) in [5, 5.41) is 18.5. The molecule has 1 aromatic heterocycles. The number of halogens is 2. The summed E-state index contributed by atoms with van der Waals surface area (Å²) < 4.78 is 26.6. The van der Waals surface area contributed by atoms with Gasteiger partial charge in [-0.2, -0.15) is 4.39 Å². The molecule has 0 amide bonds. The van der Waals surface area contributed by atoms with Gasteiger partial charge in [-0.3, -0.25) is 5.21 Å². The van der Waals surface area contributed by atoms with E-state index in [-0.39, 0.29) is 16.0 Å². The lowest BCUT2D eigenvalue weighted by atomic mass is 10.1. The third kappa shape index (κ3) is 2.00. The largest absolute Gasteiger partial charge is 0.473 e. The van der Waals surface area contributed by atoms with E-state index in [4.69, 9.17) is 5.11 Å². The normalized spacial score (nSPS) is 10.3. The molecule has 92 valence electrons. The number of rotatable bonds is 2. The number of nitrogens with zero attached hydrogens (tertiary/aromatic N) is 1. The summed E-state index contributed by atoms with van der Waals surface area (Å²) in [6.07, 6.45) is 0. The van der Waals surface area contributed by atoms with Gasteiger partial charge in [0.05, 0.1) is 5.56 Å². The minimum atomic E-state index is -1.40. The predicted molar refractivity (Wildman–Crippen MR) is 56.1 cm³/mol. The number of hydrogen-bond donors (Lipinski definition) is 2. The number of carboxylic acids is 1. The van der Waals surface area contributed by atoms with Crippen LogP contribution in [-0.2, 0) is 0 Å². The second-order valence-corrected chi connectivity index (χ2v) is 3.54. The van der Waals surface area contributed by atoms with Crippen molar-refractivity contribution >= 4 is 5.97 Å². The maximum Gasteiger partial charge on any atom is 0.406 e. The van der Waals surface area contributed by atoms with Crippen molar-refractivity contribution < 1.29 is 28.6 Å². The van der Waals surface area contributed by atoms with Crippen LogP contribution in [0.15, 0.2) is 36.4 Å². The zero-order valence-corrected chi connectivity index (χ0v) is 8.97. The van der Waals surface area contributed by atoms with Gasteiger partial charge in [0.1, 0.15) is 5.82 Å². The van der Waals surface area contributed by atoms with E-state index in [2.05, 4.69) is 0 Å². The van der Waals surface area contributed by atoms with Gasteiger partial charge in [0.2, 0.25) is 0 Å². The lowest BCUT2D eigenvalue weighted by Gasteiger charge is -2.00. The number of aromatic carboxylic acids is 1. The first kappa shape index (κ1) is 12.0. The van der Waals surface area contributed by atoms with Gasteiger partial charge < -0.3 is 5.11 Å². The molecule has 18 heavy (non-hydrogen) atoms. The van der Waals surface area contributed by atoms with Gasteiger partial charge in [0.25, 0.3) is 0 Å². The van der Waals surface area contributed by atoms with Crippen LogP contribution in [0.25, 0.3) is 11.3 Å². The molecule has 4 nitrogen and oxygen atoms in total. The monoisotopic (exact) mass is 252 g/mol. The zero-order valence-electron chi connectivity index (χ0n) is 8.97. The van der Waals surface area contributed by atoms with Crippen LogP contribution in [0.1, 0.15) is 10.5 Å². The van der Waals surface area contributed by atoms with Crippen LogP contribution in [0.3, 0.4) is 0 Å². The Labute approximate surface area is 100 Å². The highest BCUT2D eigenvalue weighted by Gasteiger charge is 2.28. The fourth-order valence-corrected chi connectivity index (χ4v) is 1.55. The smallest absolute Gasteiger partial charge is 0.406 e. The first-order valence-corrected chi connectivity index (χ1v) is 4.93. The molecule has 2 N–H and O–H groups in total. The summed E-state index contributed by atoms with van der Waals surface area (Å²) in [6, 6.07) is 6.52. The molecule has 0 spiro atoms. The maximum atomic E-state index is 13.6. The Bertz CT molecular complexity index is 611. The lowest BCUT2D eigenvalue weighted by Crippen LogP contribution is -2.40. The Balaban J connectivity index is 2.66. The SMILES string of the molecule is O=C(O)c1ccc(F)c(-c2ccc(F)cc2)[n+]1O. The molecule has 6 heteroatoms. The van der Waals surface area contributed by atoms with Crippen LogP contribution in [0.4, 0.5) is 8.78 Å². The van der Waals surface area contributed by atoms with Gasteiger partial charge in [-0.05, 0) is 30.3 Å². The molecule has 0 aliphatic heterocycles. The number of carbonyl (C=O) groups is 1. The summed E-state index contributed by atoms with van der Waals surface area (Å²) in [7, 11) is 0. The van der Waals surface area contributed by atoms with Crippen molar-refractivity contribution in [1.29, 1.82) is 0 Å². The summed E-state index contributed by atoms with van der Waals surface area (Å²) >= 11 is 0. The Hall–Kier alpha value is -2.50. The molecule has 0 radical (unpaired) electrons.